The van der Waals surface area contributed by atoms with Gasteiger partial charge in [0.25, 0.3) is 0 Å². The maximum absolute atomic E-state index is 11.9. The van der Waals surface area contributed by atoms with Crippen molar-refractivity contribution in [1.82, 2.24) is 0 Å². The average Bonchev–Trinajstić information content (AvgIpc) is 2.96. The van der Waals surface area contributed by atoms with Crippen LogP contribution in [0.4, 0.5) is 0 Å². The summed E-state index contributed by atoms with van der Waals surface area (Å²) in [6.07, 6.45) is 14.7. The molecule has 0 fully saturated rings. The quantitative estimate of drug-likeness (QED) is 0.157. The van der Waals surface area contributed by atoms with Gasteiger partial charge >= 0.3 is 5.97 Å². The summed E-state index contributed by atoms with van der Waals surface area (Å²) in [5, 5.41) is 9.77. The summed E-state index contributed by atoms with van der Waals surface area (Å²) < 4.78 is 11.9. The van der Waals surface area contributed by atoms with E-state index in [0.717, 1.165) is 48.3 Å². The summed E-state index contributed by atoms with van der Waals surface area (Å²) in [6, 6.07) is 21.5. The Balaban J connectivity index is 1.57. The first-order valence-corrected chi connectivity index (χ1v) is 15.0. The molecule has 3 rings (SSSR count). The van der Waals surface area contributed by atoms with Crippen molar-refractivity contribution in [3.05, 3.63) is 72.3 Å². The number of rotatable bonds is 19. The molecule has 0 saturated heterocycles. The fraction of sp³-hybridized carbons (Fsp3) is 0.457. The van der Waals surface area contributed by atoms with Gasteiger partial charge in [0.1, 0.15) is 11.5 Å². The monoisotopic (exact) mass is 530 g/mol. The largest absolute Gasteiger partial charge is 0.494 e. The third-order valence-electron chi connectivity index (χ3n) is 7.14. The Bertz CT molecular complexity index is 1100. The molecule has 0 heterocycles. The molecule has 0 unspecified atom stereocenters. The van der Waals surface area contributed by atoms with Crippen LogP contribution in [0.25, 0.3) is 22.3 Å². The molecule has 0 aliphatic rings. The first-order chi connectivity index (χ1) is 19.1. The van der Waals surface area contributed by atoms with Crippen LogP contribution in [0, 0.1) is 0 Å². The van der Waals surface area contributed by atoms with Gasteiger partial charge in [-0.15, -0.1) is 0 Å². The number of benzene rings is 3. The zero-order valence-corrected chi connectivity index (χ0v) is 23.9. The molecule has 0 atom stereocenters. The van der Waals surface area contributed by atoms with Gasteiger partial charge in [0, 0.05) is 0 Å². The van der Waals surface area contributed by atoms with Crippen molar-refractivity contribution in [2.75, 3.05) is 13.2 Å². The van der Waals surface area contributed by atoms with E-state index in [1.165, 1.54) is 57.8 Å². The molecule has 0 radical (unpaired) electrons. The second-order valence-electron chi connectivity index (χ2n) is 10.3. The molecule has 4 heteroatoms. The smallest absolute Gasteiger partial charge is 0.336 e. The third kappa shape index (κ3) is 10.4. The number of aromatic carboxylic acids is 1. The van der Waals surface area contributed by atoms with Crippen LogP contribution in [-0.4, -0.2) is 24.3 Å². The van der Waals surface area contributed by atoms with E-state index < -0.39 is 5.97 Å². The van der Waals surface area contributed by atoms with E-state index in [-0.39, 0.29) is 5.56 Å². The molecule has 0 amide bonds. The van der Waals surface area contributed by atoms with Crippen molar-refractivity contribution in [2.24, 2.45) is 0 Å². The third-order valence-corrected chi connectivity index (χ3v) is 7.14. The van der Waals surface area contributed by atoms with E-state index in [2.05, 4.69) is 26.0 Å². The second kappa shape index (κ2) is 17.3. The standard InChI is InChI=1S/C35H46O4/c1-3-5-7-9-11-13-25-38-31-21-19-29(20-22-31)28-15-17-30(18-16-28)34-27-32(23-24-33(34)35(36)37)39-26-14-12-10-8-6-4-2/h15-24,27H,3-14,25-26H2,1-2H3,(H,36,37). The lowest BCUT2D eigenvalue weighted by Crippen LogP contribution is -2.02. The lowest BCUT2D eigenvalue weighted by Gasteiger charge is -2.12. The molecule has 4 nitrogen and oxygen atoms in total. The summed E-state index contributed by atoms with van der Waals surface area (Å²) in [5.74, 6) is 0.671. The van der Waals surface area contributed by atoms with E-state index >= 15 is 0 Å². The highest BCUT2D eigenvalue weighted by Gasteiger charge is 2.13. The van der Waals surface area contributed by atoms with Crippen molar-refractivity contribution in [2.45, 2.75) is 90.9 Å². The van der Waals surface area contributed by atoms with Crippen molar-refractivity contribution in [3.63, 3.8) is 0 Å². The molecule has 0 bridgehead atoms. The molecule has 1 N–H and O–H groups in total. The summed E-state index contributed by atoms with van der Waals surface area (Å²) in [7, 11) is 0. The molecule has 3 aromatic rings. The lowest BCUT2D eigenvalue weighted by molar-refractivity contribution is 0.0697. The first-order valence-electron chi connectivity index (χ1n) is 15.0. The van der Waals surface area contributed by atoms with Gasteiger partial charge in [-0.05, 0) is 65.4 Å². The molecule has 210 valence electrons. The molecule has 0 aliphatic heterocycles. The fourth-order valence-corrected chi connectivity index (χ4v) is 4.77. The van der Waals surface area contributed by atoms with Gasteiger partial charge in [-0.3, -0.25) is 0 Å². The molecule has 0 spiro atoms. The van der Waals surface area contributed by atoms with Crippen LogP contribution in [0.5, 0.6) is 11.5 Å². The van der Waals surface area contributed by atoms with Crippen LogP contribution < -0.4 is 9.47 Å². The Hall–Kier alpha value is -3.27. The number of ether oxygens (including phenoxy) is 2. The Kier molecular flexibility index (Phi) is 13.5. The van der Waals surface area contributed by atoms with Crippen molar-refractivity contribution < 1.29 is 19.4 Å². The van der Waals surface area contributed by atoms with Gasteiger partial charge in [-0.25, -0.2) is 4.79 Å². The highest BCUT2D eigenvalue weighted by Crippen LogP contribution is 2.31. The summed E-state index contributed by atoms with van der Waals surface area (Å²) in [6.45, 7) is 5.87. The Morgan fingerprint density at radius 2 is 1.00 bits per heavy atom. The summed E-state index contributed by atoms with van der Waals surface area (Å²) >= 11 is 0. The number of hydrogen-bond donors (Lipinski definition) is 1. The van der Waals surface area contributed by atoms with Gasteiger partial charge in [0.2, 0.25) is 0 Å². The predicted octanol–water partition coefficient (Wildman–Crippen LogP) is 10.2. The van der Waals surface area contributed by atoms with Crippen LogP contribution >= 0.6 is 0 Å². The molecule has 3 aromatic carbocycles. The topological polar surface area (TPSA) is 55.8 Å². The van der Waals surface area contributed by atoms with Crippen LogP contribution in [0.2, 0.25) is 0 Å². The normalized spacial score (nSPS) is 10.9. The molecule has 0 aliphatic carbocycles. The zero-order chi connectivity index (χ0) is 27.7. The van der Waals surface area contributed by atoms with E-state index in [9.17, 15) is 9.90 Å². The van der Waals surface area contributed by atoms with Crippen LogP contribution in [0.3, 0.4) is 0 Å². The Labute approximate surface area is 235 Å². The van der Waals surface area contributed by atoms with E-state index in [0.29, 0.717) is 17.9 Å². The average molecular weight is 531 g/mol. The van der Waals surface area contributed by atoms with Gasteiger partial charge in [-0.1, -0.05) is 114 Å². The summed E-state index contributed by atoms with van der Waals surface area (Å²) in [4.78, 5) is 11.9. The predicted molar refractivity (Wildman–Crippen MR) is 162 cm³/mol. The highest BCUT2D eigenvalue weighted by molar-refractivity contribution is 5.96. The van der Waals surface area contributed by atoms with Gasteiger partial charge in [0.15, 0.2) is 0 Å². The maximum Gasteiger partial charge on any atom is 0.336 e. The highest BCUT2D eigenvalue weighted by atomic mass is 16.5. The molecular formula is C35H46O4. The number of unbranched alkanes of at least 4 members (excludes halogenated alkanes) is 10. The molecule has 0 saturated carbocycles. The van der Waals surface area contributed by atoms with E-state index in [1.807, 2.05) is 42.5 Å². The SMILES string of the molecule is CCCCCCCCOc1ccc(-c2ccc(-c3cc(OCCCCCCCC)ccc3C(=O)O)cc2)cc1. The zero-order valence-electron chi connectivity index (χ0n) is 23.9. The number of carboxylic acid groups (broad SMARTS) is 1. The van der Waals surface area contributed by atoms with Gasteiger partial charge < -0.3 is 14.6 Å². The fourth-order valence-electron chi connectivity index (χ4n) is 4.77. The minimum absolute atomic E-state index is 0.279. The van der Waals surface area contributed by atoms with E-state index in [4.69, 9.17) is 9.47 Å². The molecular weight excluding hydrogens is 484 g/mol. The second-order valence-corrected chi connectivity index (χ2v) is 10.3. The molecule has 0 aromatic heterocycles. The number of carbonyl (C=O) groups is 1. The van der Waals surface area contributed by atoms with Gasteiger partial charge in [-0.2, -0.15) is 0 Å². The van der Waals surface area contributed by atoms with Crippen molar-refractivity contribution in [1.29, 1.82) is 0 Å². The van der Waals surface area contributed by atoms with Crippen LogP contribution in [0.1, 0.15) is 101 Å². The van der Waals surface area contributed by atoms with Crippen LogP contribution in [0.15, 0.2) is 66.7 Å². The van der Waals surface area contributed by atoms with Crippen molar-refractivity contribution >= 4 is 5.97 Å². The molecule has 39 heavy (non-hydrogen) atoms. The van der Waals surface area contributed by atoms with Crippen molar-refractivity contribution in [3.8, 4) is 33.8 Å². The van der Waals surface area contributed by atoms with Gasteiger partial charge in [0.05, 0.1) is 18.8 Å². The van der Waals surface area contributed by atoms with E-state index in [1.54, 1.807) is 12.1 Å². The Morgan fingerprint density at radius 3 is 1.54 bits per heavy atom. The maximum atomic E-state index is 11.9. The minimum atomic E-state index is -0.937. The first kappa shape index (κ1) is 30.3. The number of hydrogen-bond acceptors (Lipinski definition) is 3. The summed E-state index contributed by atoms with van der Waals surface area (Å²) in [5.41, 5.74) is 3.99. The minimum Gasteiger partial charge on any atom is -0.494 e. The lowest BCUT2D eigenvalue weighted by atomic mass is 9.96. The Morgan fingerprint density at radius 1 is 0.564 bits per heavy atom. The number of carboxylic acids is 1. The van der Waals surface area contributed by atoms with Crippen LogP contribution in [-0.2, 0) is 0 Å².